The highest BCUT2D eigenvalue weighted by molar-refractivity contribution is 5.90. The van der Waals surface area contributed by atoms with Crippen molar-refractivity contribution >= 4 is 5.97 Å². The van der Waals surface area contributed by atoms with Gasteiger partial charge < -0.3 is 28.6 Å². The second kappa shape index (κ2) is 13.7. The number of carbonyl (C=O) groups excluding carboxylic acids is 1. The van der Waals surface area contributed by atoms with Gasteiger partial charge in [-0.05, 0) is 62.3 Å². The van der Waals surface area contributed by atoms with Gasteiger partial charge in [-0.15, -0.1) is 0 Å². The van der Waals surface area contributed by atoms with Crippen molar-refractivity contribution in [1.82, 2.24) is 4.90 Å². The first kappa shape index (κ1) is 26.5. The van der Waals surface area contributed by atoms with Crippen LogP contribution in [-0.2, 0) is 15.9 Å². The molecule has 0 saturated heterocycles. The van der Waals surface area contributed by atoms with Gasteiger partial charge in [-0.1, -0.05) is 26.0 Å². The van der Waals surface area contributed by atoms with Crippen molar-refractivity contribution in [3.05, 3.63) is 53.6 Å². The molecule has 2 aromatic carbocycles. The van der Waals surface area contributed by atoms with Crippen LogP contribution in [0.4, 0.5) is 0 Å². The fourth-order valence-electron chi connectivity index (χ4n) is 3.63. The first-order valence-electron chi connectivity index (χ1n) is 11.3. The number of likely N-dealkylation sites (N-methyl/N-ethyl adjacent to an activating group) is 1. The highest BCUT2D eigenvalue weighted by Crippen LogP contribution is 2.27. The van der Waals surface area contributed by atoms with E-state index >= 15 is 0 Å². The fourth-order valence-corrected chi connectivity index (χ4v) is 3.63. The number of ether oxygens (including phenoxy) is 5. The molecule has 2 atom stereocenters. The third kappa shape index (κ3) is 7.94. The molecule has 2 rings (SSSR count). The first-order chi connectivity index (χ1) is 15.9. The lowest BCUT2D eigenvalue weighted by Crippen LogP contribution is -2.34. The molecule has 0 aliphatic heterocycles. The molecule has 2 unspecified atom stereocenters. The van der Waals surface area contributed by atoms with Crippen molar-refractivity contribution in [3.8, 4) is 17.2 Å². The van der Waals surface area contributed by atoms with Crippen LogP contribution in [0, 0.1) is 0 Å². The quantitative estimate of drug-likeness (QED) is 0.392. The summed E-state index contributed by atoms with van der Waals surface area (Å²) in [6, 6.07) is 13.5. The average Bonchev–Trinajstić information content (AvgIpc) is 2.85. The van der Waals surface area contributed by atoms with Crippen LogP contribution >= 0.6 is 0 Å². The maximum Gasteiger partial charge on any atom is 0.338 e. The van der Waals surface area contributed by atoms with Gasteiger partial charge in [0.2, 0.25) is 0 Å². The third-order valence-electron chi connectivity index (χ3n) is 5.68. The van der Waals surface area contributed by atoms with E-state index in [1.807, 2.05) is 12.1 Å². The van der Waals surface area contributed by atoms with Crippen molar-refractivity contribution in [2.45, 2.75) is 39.3 Å². The zero-order valence-corrected chi connectivity index (χ0v) is 20.6. The summed E-state index contributed by atoms with van der Waals surface area (Å²) in [7, 11) is 4.62. The van der Waals surface area contributed by atoms with Crippen molar-refractivity contribution < 1.29 is 28.5 Å². The largest absolute Gasteiger partial charge is 0.493 e. The number of hydrogen-bond acceptors (Lipinski definition) is 7. The van der Waals surface area contributed by atoms with E-state index in [2.05, 4.69) is 37.8 Å². The van der Waals surface area contributed by atoms with E-state index < -0.39 is 12.1 Å². The monoisotopic (exact) mass is 459 g/mol. The van der Waals surface area contributed by atoms with Gasteiger partial charge in [0.1, 0.15) is 25.1 Å². The number of hydrogen-bond donors (Lipinski definition) is 0. The van der Waals surface area contributed by atoms with Crippen molar-refractivity contribution in [2.75, 3.05) is 47.6 Å². The Labute approximate surface area is 197 Å². The van der Waals surface area contributed by atoms with Crippen LogP contribution in [0.25, 0.3) is 0 Å². The number of benzene rings is 2. The molecular formula is C26H37NO6. The number of methoxy groups -OCH3 is 3. The average molecular weight is 460 g/mol. The first-order valence-corrected chi connectivity index (χ1v) is 11.3. The molecule has 182 valence electrons. The summed E-state index contributed by atoms with van der Waals surface area (Å²) in [4.78, 5) is 14.8. The molecule has 0 fully saturated rings. The van der Waals surface area contributed by atoms with Gasteiger partial charge in [0.25, 0.3) is 0 Å². The van der Waals surface area contributed by atoms with Crippen LogP contribution in [0.5, 0.6) is 17.2 Å². The van der Waals surface area contributed by atoms with Crippen LogP contribution in [0.2, 0.25) is 0 Å². The van der Waals surface area contributed by atoms with E-state index in [1.165, 1.54) is 12.7 Å². The predicted molar refractivity (Wildman–Crippen MR) is 129 cm³/mol. The number of nitrogens with zero attached hydrogens (tertiary/aromatic N) is 1. The Bertz CT molecular complexity index is 850. The molecule has 0 amide bonds. The molecule has 33 heavy (non-hydrogen) atoms. The maximum absolute atomic E-state index is 12.4. The fraction of sp³-hybridized carbons (Fsp3) is 0.500. The van der Waals surface area contributed by atoms with Crippen molar-refractivity contribution in [2.24, 2.45) is 0 Å². The minimum Gasteiger partial charge on any atom is -0.493 e. The Morgan fingerprint density at radius 2 is 1.58 bits per heavy atom. The van der Waals surface area contributed by atoms with E-state index in [4.69, 9.17) is 23.7 Å². The standard InChI is InChI=1S/C26H37NO6/c1-7-27(8-2)19(3)15-20-9-12-22(13-10-20)32-17-23(29-4)18-33-26(28)21-11-14-24(30-5)25(16-21)31-6/h9-14,16,19,23H,7-8,15,17-18H2,1-6H3. The molecular weight excluding hydrogens is 422 g/mol. The molecule has 0 saturated carbocycles. The molecule has 0 heterocycles. The molecule has 0 radical (unpaired) electrons. The summed E-state index contributed by atoms with van der Waals surface area (Å²) in [5.41, 5.74) is 1.65. The molecule has 0 aliphatic rings. The lowest BCUT2D eigenvalue weighted by atomic mass is 10.1. The summed E-state index contributed by atoms with van der Waals surface area (Å²) in [6.45, 7) is 9.07. The molecule has 0 N–H and O–H groups in total. The lowest BCUT2D eigenvalue weighted by molar-refractivity contribution is -0.00624. The molecule has 2 aromatic rings. The smallest absolute Gasteiger partial charge is 0.338 e. The summed E-state index contributed by atoms with van der Waals surface area (Å²) < 4.78 is 27.1. The van der Waals surface area contributed by atoms with Gasteiger partial charge in [0.05, 0.1) is 19.8 Å². The summed E-state index contributed by atoms with van der Waals surface area (Å²) in [5.74, 6) is 1.30. The van der Waals surface area contributed by atoms with E-state index in [0.717, 1.165) is 25.3 Å². The zero-order chi connectivity index (χ0) is 24.2. The molecule has 0 aromatic heterocycles. The second-order valence-corrected chi connectivity index (χ2v) is 7.76. The Hall–Kier alpha value is -2.77. The van der Waals surface area contributed by atoms with Crippen LogP contribution in [0.3, 0.4) is 0 Å². The van der Waals surface area contributed by atoms with Gasteiger partial charge >= 0.3 is 5.97 Å². The molecule has 7 nitrogen and oxygen atoms in total. The SMILES string of the molecule is CCN(CC)C(C)Cc1ccc(OCC(COC(=O)c2ccc(OC)c(OC)c2)OC)cc1. The summed E-state index contributed by atoms with van der Waals surface area (Å²) in [6.07, 6.45) is 0.603. The van der Waals surface area contributed by atoms with Gasteiger partial charge in [0.15, 0.2) is 11.5 Å². The van der Waals surface area contributed by atoms with Gasteiger partial charge in [-0.3, -0.25) is 0 Å². The maximum atomic E-state index is 12.4. The van der Waals surface area contributed by atoms with E-state index in [-0.39, 0.29) is 13.2 Å². The highest BCUT2D eigenvalue weighted by atomic mass is 16.6. The Morgan fingerprint density at radius 1 is 0.909 bits per heavy atom. The number of rotatable bonds is 14. The highest BCUT2D eigenvalue weighted by Gasteiger charge is 2.16. The molecule has 7 heteroatoms. The Morgan fingerprint density at radius 3 is 2.15 bits per heavy atom. The number of esters is 1. The van der Waals surface area contributed by atoms with Gasteiger partial charge in [-0.25, -0.2) is 4.79 Å². The van der Waals surface area contributed by atoms with E-state index in [0.29, 0.717) is 23.1 Å². The summed E-state index contributed by atoms with van der Waals surface area (Å²) in [5, 5.41) is 0. The minimum absolute atomic E-state index is 0.0726. The Kier molecular flexibility index (Phi) is 11.0. The second-order valence-electron chi connectivity index (χ2n) is 7.76. The zero-order valence-electron chi connectivity index (χ0n) is 20.6. The molecule has 0 aliphatic carbocycles. The molecule has 0 spiro atoms. The van der Waals surface area contributed by atoms with Gasteiger partial charge in [-0.2, -0.15) is 0 Å². The Balaban J connectivity index is 1.84. The third-order valence-corrected chi connectivity index (χ3v) is 5.68. The van der Waals surface area contributed by atoms with Crippen molar-refractivity contribution in [1.29, 1.82) is 0 Å². The van der Waals surface area contributed by atoms with Crippen LogP contribution in [-0.4, -0.2) is 70.6 Å². The predicted octanol–water partition coefficient (Wildman–Crippen LogP) is 4.23. The number of carbonyl (C=O) groups is 1. The lowest BCUT2D eigenvalue weighted by Gasteiger charge is -2.26. The van der Waals surface area contributed by atoms with Crippen LogP contribution in [0.1, 0.15) is 36.7 Å². The normalized spacial score (nSPS) is 12.8. The molecule has 0 bridgehead atoms. The van der Waals surface area contributed by atoms with Crippen LogP contribution in [0.15, 0.2) is 42.5 Å². The van der Waals surface area contributed by atoms with E-state index in [1.54, 1.807) is 32.4 Å². The van der Waals surface area contributed by atoms with Crippen LogP contribution < -0.4 is 14.2 Å². The minimum atomic E-state index is -0.468. The van der Waals surface area contributed by atoms with E-state index in [9.17, 15) is 4.79 Å². The summed E-state index contributed by atoms with van der Waals surface area (Å²) >= 11 is 0. The van der Waals surface area contributed by atoms with Crippen molar-refractivity contribution in [3.63, 3.8) is 0 Å². The van der Waals surface area contributed by atoms with Gasteiger partial charge in [0, 0.05) is 13.2 Å². The topological polar surface area (TPSA) is 66.5 Å².